The number of carbonyl (C=O) groups is 1. The molecule has 0 bridgehead atoms. The van der Waals surface area contributed by atoms with E-state index < -0.39 is 0 Å². The predicted molar refractivity (Wildman–Crippen MR) is 98.3 cm³/mol. The van der Waals surface area contributed by atoms with Crippen molar-refractivity contribution >= 4 is 5.91 Å². The number of hydrogen-bond donors (Lipinski definition) is 0. The zero-order chi connectivity index (χ0) is 18.1. The van der Waals surface area contributed by atoms with Gasteiger partial charge in [0, 0.05) is 33.2 Å². The molecule has 1 aromatic carbocycles. The minimum atomic E-state index is 0.194. The normalized spacial score (nSPS) is 15.0. The van der Waals surface area contributed by atoms with Gasteiger partial charge in [0.2, 0.25) is 5.91 Å². The molecule has 0 aromatic heterocycles. The Labute approximate surface area is 151 Å². The predicted octanol–water partition coefficient (Wildman–Crippen LogP) is 3.30. The number of hydrogen-bond acceptors (Lipinski definition) is 4. The fourth-order valence-corrected chi connectivity index (χ4v) is 3.12. The van der Waals surface area contributed by atoms with Gasteiger partial charge in [-0.3, -0.25) is 4.79 Å². The van der Waals surface area contributed by atoms with Gasteiger partial charge < -0.3 is 19.1 Å². The van der Waals surface area contributed by atoms with Crippen LogP contribution in [-0.4, -0.2) is 51.3 Å². The highest BCUT2D eigenvalue weighted by Crippen LogP contribution is 2.28. The summed E-state index contributed by atoms with van der Waals surface area (Å²) in [5.41, 5.74) is 1.09. The largest absolute Gasteiger partial charge is 0.493 e. The van der Waals surface area contributed by atoms with E-state index in [0.29, 0.717) is 25.4 Å². The van der Waals surface area contributed by atoms with Crippen molar-refractivity contribution in [2.24, 2.45) is 5.92 Å². The third kappa shape index (κ3) is 6.24. The third-order valence-electron chi connectivity index (χ3n) is 4.79. The van der Waals surface area contributed by atoms with Crippen molar-refractivity contribution in [1.82, 2.24) is 4.90 Å². The first-order valence-electron chi connectivity index (χ1n) is 9.25. The molecular formula is C20H31NO4. The Morgan fingerprint density at radius 2 is 2.04 bits per heavy atom. The third-order valence-corrected chi connectivity index (χ3v) is 4.79. The number of ether oxygens (including phenoxy) is 3. The van der Waals surface area contributed by atoms with Crippen LogP contribution in [0.25, 0.3) is 0 Å². The molecule has 1 aliphatic rings. The zero-order valence-electron chi connectivity index (χ0n) is 15.8. The number of nitrogens with zero attached hydrogens (tertiary/aromatic N) is 1. The number of methoxy groups -OCH3 is 1. The van der Waals surface area contributed by atoms with Crippen LogP contribution >= 0.6 is 0 Å². The monoisotopic (exact) mass is 349 g/mol. The Morgan fingerprint density at radius 1 is 1.28 bits per heavy atom. The quantitative estimate of drug-likeness (QED) is 0.686. The second-order valence-corrected chi connectivity index (χ2v) is 6.58. The van der Waals surface area contributed by atoms with Crippen molar-refractivity contribution < 1.29 is 19.0 Å². The van der Waals surface area contributed by atoms with E-state index in [1.807, 2.05) is 37.1 Å². The average molecular weight is 349 g/mol. The molecule has 0 unspecified atom stereocenters. The lowest BCUT2D eigenvalue weighted by Crippen LogP contribution is -2.30. The summed E-state index contributed by atoms with van der Waals surface area (Å²) >= 11 is 0. The van der Waals surface area contributed by atoms with E-state index in [9.17, 15) is 4.79 Å². The highest BCUT2D eigenvalue weighted by molar-refractivity contribution is 5.76. The van der Waals surface area contributed by atoms with Crippen LogP contribution in [0.5, 0.6) is 11.5 Å². The molecule has 1 aliphatic heterocycles. The van der Waals surface area contributed by atoms with E-state index in [2.05, 4.69) is 0 Å². The van der Waals surface area contributed by atoms with Crippen LogP contribution in [0.4, 0.5) is 0 Å². The lowest BCUT2D eigenvalue weighted by Gasteiger charge is -2.25. The van der Waals surface area contributed by atoms with E-state index >= 15 is 0 Å². The van der Waals surface area contributed by atoms with Gasteiger partial charge in [0.1, 0.15) is 0 Å². The van der Waals surface area contributed by atoms with E-state index in [4.69, 9.17) is 14.2 Å². The molecule has 0 saturated carbocycles. The molecule has 2 rings (SSSR count). The van der Waals surface area contributed by atoms with Gasteiger partial charge in [-0.05, 0) is 56.2 Å². The molecule has 1 amide bonds. The maximum atomic E-state index is 12.4. The first-order chi connectivity index (χ1) is 12.1. The average Bonchev–Trinajstić information content (AvgIpc) is 2.66. The van der Waals surface area contributed by atoms with Gasteiger partial charge in [0.15, 0.2) is 11.5 Å². The van der Waals surface area contributed by atoms with E-state index in [0.717, 1.165) is 56.1 Å². The molecule has 5 nitrogen and oxygen atoms in total. The van der Waals surface area contributed by atoms with Gasteiger partial charge in [-0.2, -0.15) is 0 Å². The molecule has 140 valence electrons. The van der Waals surface area contributed by atoms with Gasteiger partial charge in [0.05, 0.1) is 13.7 Å². The van der Waals surface area contributed by atoms with Crippen molar-refractivity contribution in [2.75, 3.05) is 40.5 Å². The molecule has 5 heteroatoms. The maximum Gasteiger partial charge on any atom is 0.222 e. The van der Waals surface area contributed by atoms with Gasteiger partial charge >= 0.3 is 0 Å². The molecule has 1 fully saturated rings. The number of amides is 1. The summed E-state index contributed by atoms with van der Waals surface area (Å²) < 4.78 is 16.3. The summed E-state index contributed by atoms with van der Waals surface area (Å²) in [7, 11) is 3.54. The number of benzene rings is 1. The molecule has 0 atom stereocenters. The van der Waals surface area contributed by atoms with Crippen LogP contribution < -0.4 is 9.47 Å². The summed E-state index contributed by atoms with van der Waals surface area (Å²) in [5, 5.41) is 0. The van der Waals surface area contributed by atoms with Crippen molar-refractivity contribution in [2.45, 2.75) is 39.0 Å². The number of carbonyl (C=O) groups excluding carboxylic acids is 1. The molecule has 0 spiro atoms. The molecule has 1 saturated heterocycles. The minimum Gasteiger partial charge on any atom is -0.493 e. The Morgan fingerprint density at radius 3 is 2.72 bits per heavy atom. The summed E-state index contributed by atoms with van der Waals surface area (Å²) in [6.45, 7) is 5.11. The summed E-state index contributed by atoms with van der Waals surface area (Å²) in [4.78, 5) is 14.2. The highest BCUT2D eigenvalue weighted by atomic mass is 16.5. The molecule has 25 heavy (non-hydrogen) atoms. The number of aryl methyl sites for hydroxylation is 1. The van der Waals surface area contributed by atoms with Crippen molar-refractivity contribution in [1.29, 1.82) is 0 Å². The first-order valence-corrected chi connectivity index (χ1v) is 9.25. The molecule has 1 aromatic rings. The van der Waals surface area contributed by atoms with Crippen LogP contribution in [-0.2, 0) is 16.0 Å². The summed E-state index contributed by atoms with van der Waals surface area (Å²) in [6, 6.07) is 5.88. The summed E-state index contributed by atoms with van der Waals surface area (Å²) in [6.07, 6.45) is 4.54. The Bertz CT molecular complexity index is 540. The topological polar surface area (TPSA) is 48.0 Å². The van der Waals surface area contributed by atoms with Gasteiger partial charge in [-0.1, -0.05) is 6.07 Å². The van der Waals surface area contributed by atoms with Crippen LogP contribution in [0.3, 0.4) is 0 Å². The Balaban J connectivity index is 1.78. The zero-order valence-corrected chi connectivity index (χ0v) is 15.8. The van der Waals surface area contributed by atoms with Gasteiger partial charge in [0.25, 0.3) is 0 Å². The maximum absolute atomic E-state index is 12.4. The SMILES string of the molecule is CCOc1ccc(CCC(=O)N(C)CCC2CCOCC2)cc1OC. The minimum absolute atomic E-state index is 0.194. The smallest absolute Gasteiger partial charge is 0.222 e. The fraction of sp³-hybridized carbons (Fsp3) is 0.650. The Kier molecular flexibility index (Phi) is 8.06. The lowest BCUT2D eigenvalue weighted by atomic mass is 9.96. The molecule has 0 N–H and O–H groups in total. The second-order valence-electron chi connectivity index (χ2n) is 6.58. The molecule has 0 aliphatic carbocycles. The lowest BCUT2D eigenvalue weighted by molar-refractivity contribution is -0.130. The van der Waals surface area contributed by atoms with Gasteiger partial charge in [-0.15, -0.1) is 0 Å². The second kappa shape index (κ2) is 10.3. The van der Waals surface area contributed by atoms with E-state index in [1.54, 1.807) is 7.11 Å². The molecule has 1 heterocycles. The molecule has 0 radical (unpaired) electrons. The van der Waals surface area contributed by atoms with Crippen LogP contribution in [0.1, 0.15) is 38.2 Å². The fourth-order valence-electron chi connectivity index (χ4n) is 3.12. The van der Waals surface area contributed by atoms with Gasteiger partial charge in [-0.25, -0.2) is 0 Å². The van der Waals surface area contributed by atoms with Crippen LogP contribution in [0, 0.1) is 5.92 Å². The Hall–Kier alpha value is -1.75. The van der Waals surface area contributed by atoms with Crippen molar-refractivity contribution in [3.63, 3.8) is 0 Å². The van der Waals surface area contributed by atoms with E-state index in [1.165, 1.54) is 0 Å². The van der Waals surface area contributed by atoms with Crippen molar-refractivity contribution in [3.8, 4) is 11.5 Å². The highest BCUT2D eigenvalue weighted by Gasteiger charge is 2.16. The van der Waals surface area contributed by atoms with Crippen LogP contribution in [0.2, 0.25) is 0 Å². The number of rotatable bonds is 9. The van der Waals surface area contributed by atoms with Crippen molar-refractivity contribution in [3.05, 3.63) is 23.8 Å². The molecular weight excluding hydrogens is 318 g/mol. The van der Waals surface area contributed by atoms with E-state index in [-0.39, 0.29) is 5.91 Å². The summed E-state index contributed by atoms with van der Waals surface area (Å²) in [5.74, 6) is 2.35. The standard InChI is InChI=1S/C20H31NO4/c1-4-25-18-7-5-17(15-19(18)23-3)6-8-20(22)21(2)12-9-16-10-13-24-14-11-16/h5,7,15-16H,4,6,8-14H2,1-3H3. The first kappa shape index (κ1) is 19.6. The van der Waals surface area contributed by atoms with Crippen LogP contribution in [0.15, 0.2) is 18.2 Å².